The van der Waals surface area contributed by atoms with Gasteiger partial charge < -0.3 is 15.4 Å². The highest BCUT2D eigenvalue weighted by Gasteiger charge is 2.11. The molecule has 0 aliphatic rings. The molecule has 0 fully saturated rings. The van der Waals surface area contributed by atoms with E-state index in [2.05, 4.69) is 21.7 Å². The van der Waals surface area contributed by atoms with Crippen molar-refractivity contribution in [2.24, 2.45) is 0 Å². The Balaban J connectivity index is 1.79. The highest BCUT2D eigenvalue weighted by atomic mass is 16.5. The van der Waals surface area contributed by atoms with Crippen molar-refractivity contribution in [3.05, 3.63) is 78.0 Å². The summed E-state index contributed by atoms with van der Waals surface area (Å²) in [5, 5.41) is 15.1. The van der Waals surface area contributed by atoms with Crippen molar-refractivity contribution in [1.82, 2.24) is 4.98 Å². The van der Waals surface area contributed by atoms with Gasteiger partial charge in [-0.15, -0.1) is 0 Å². The molecule has 134 valence electrons. The van der Waals surface area contributed by atoms with Crippen molar-refractivity contribution < 1.29 is 9.53 Å². The van der Waals surface area contributed by atoms with Crippen LogP contribution < -0.4 is 15.4 Å². The van der Waals surface area contributed by atoms with Gasteiger partial charge in [-0.25, -0.2) is 4.98 Å². The van der Waals surface area contributed by atoms with Crippen LogP contribution in [0.1, 0.15) is 22.8 Å². The Bertz CT molecular complexity index is 995. The highest BCUT2D eigenvalue weighted by Crippen LogP contribution is 2.25. The Kier molecular flexibility index (Phi) is 5.65. The summed E-state index contributed by atoms with van der Waals surface area (Å²) in [4.78, 5) is 16.8. The summed E-state index contributed by atoms with van der Waals surface area (Å²) in [6, 6.07) is 19.8. The molecule has 0 unspecified atom stereocenters. The zero-order valence-electron chi connectivity index (χ0n) is 14.8. The van der Waals surface area contributed by atoms with Crippen LogP contribution in [0.3, 0.4) is 0 Å². The number of para-hydroxylation sites is 3. The fraction of sp³-hybridized carbons (Fsp3) is 0.0952. The van der Waals surface area contributed by atoms with Crippen molar-refractivity contribution >= 4 is 23.1 Å². The summed E-state index contributed by atoms with van der Waals surface area (Å²) in [5.74, 6) is 0.813. The number of nitrogens with one attached hydrogen (secondary N) is 2. The van der Waals surface area contributed by atoms with Crippen LogP contribution in [-0.2, 0) is 0 Å². The number of hydrogen-bond acceptors (Lipinski definition) is 5. The molecular formula is C21H18N4O2. The number of rotatable bonds is 6. The van der Waals surface area contributed by atoms with E-state index in [1.165, 1.54) is 0 Å². The van der Waals surface area contributed by atoms with Crippen molar-refractivity contribution in [2.75, 3.05) is 17.2 Å². The molecule has 27 heavy (non-hydrogen) atoms. The molecule has 2 aromatic carbocycles. The van der Waals surface area contributed by atoms with Gasteiger partial charge >= 0.3 is 0 Å². The second-order valence-electron chi connectivity index (χ2n) is 5.60. The fourth-order valence-electron chi connectivity index (χ4n) is 2.51. The van der Waals surface area contributed by atoms with Gasteiger partial charge in [0.1, 0.15) is 17.6 Å². The Hall–Kier alpha value is -3.85. The van der Waals surface area contributed by atoms with E-state index in [1.54, 1.807) is 48.7 Å². The number of carbonyl (C=O) groups is 1. The lowest BCUT2D eigenvalue weighted by Crippen LogP contribution is -2.13. The summed E-state index contributed by atoms with van der Waals surface area (Å²) < 4.78 is 5.53. The van der Waals surface area contributed by atoms with E-state index in [4.69, 9.17) is 4.74 Å². The van der Waals surface area contributed by atoms with Gasteiger partial charge in [0.2, 0.25) is 0 Å². The van der Waals surface area contributed by atoms with Crippen LogP contribution in [0.5, 0.6) is 5.75 Å². The predicted molar refractivity (Wildman–Crippen MR) is 104 cm³/mol. The summed E-state index contributed by atoms with van der Waals surface area (Å²) >= 11 is 0. The molecule has 0 radical (unpaired) electrons. The molecule has 6 heteroatoms. The molecular weight excluding hydrogens is 340 g/mol. The number of benzene rings is 2. The smallest absolute Gasteiger partial charge is 0.255 e. The lowest BCUT2D eigenvalue weighted by molar-refractivity contribution is 0.102. The lowest BCUT2D eigenvalue weighted by atomic mass is 10.2. The van der Waals surface area contributed by atoms with Crippen LogP contribution in [0.2, 0.25) is 0 Å². The quantitative estimate of drug-likeness (QED) is 0.684. The maximum atomic E-state index is 12.6. The molecule has 0 bridgehead atoms. The fourth-order valence-corrected chi connectivity index (χ4v) is 2.51. The first kappa shape index (κ1) is 18.0. The Morgan fingerprint density at radius 3 is 2.63 bits per heavy atom. The minimum absolute atomic E-state index is 0.277. The number of hydrogen-bond donors (Lipinski definition) is 2. The normalized spacial score (nSPS) is 9.93. The Morgan fingerprint density at radius 1 is 1.11 bits per heavy atom. The molecule has 3 aromatic rings. The molecule has 1 amide bonds. The number of anilines is 3. The Morgan fingerprint density at radius 2 is 1.85 bits per heavy atom. The van der Waals surface area contributed by atoms with Crippen LogP contribution in [0.25, 0.3) is 0 Å². The van der Waals surface area contributed by atoms with Crippen molar-refractivity contribution in [2.45, 2.75) is 6.92 Å². The summed E-state index contributed by atoms with van der Waals surface area (Å²) in [6.07, 6.45) is 1.54. The highest BCUT2D eigenvalue weighted by molar-refractivity contribution is 6.05. The average Bonchev–Trinajstić information content (AvgIpc) is 2.70. The van der Waals surface area contributed by atoms with Crippen LogP contribution in [-0.4, -0.2) is 17.5 Å². The summed E-state index contributed by atoms with van der Waals surface area (Å²) in [5.41, 5.74) is 2.17. The first-order chi connectivity index (χ1) is 13.2. The number of aromatic nitrogens is 1. The number of ether oxygens (including phenoxy) is 1. The van der Waals surface area contributed by atoms with Gasteiger partial charge in [-0.3, -0.25) is 4.79 Å². The monoisotopic (exact) mass is 358 g/mol. The third kappa shape index (κ3) is 4.41. The van der Waals surface area contributed by atoms with Gasteiger partial charge in [0.05, 0.1) is 23.5 Å². The number of pyridine rings is 1. The maximum Gasteiger partial charge on any atom is 0.255 e. The Labute approximate surface area is 157 Å². The molecule has 6 nitrogen and oxygen atoms in total. The van der Waals surface area contributed by atoms with Gasteiger partial charge in [-0.05, 0) is 43.3 Å². The number of nitriles is 1. The maximum absolute atomic E-state index is 12.6. The van der Waals surface area contributed by atoms with E-state index in [0.717, 1.165) is 0 Å². The minimum Gasteiger partial charge on any atom is -0.492 e. The molecule has 0 spiro atoms. The second kappa shape index (κ2) is 8.50. The molecule has 2 N–H and O–H groups in total. The van der Waals surface area contributed by atoms with E-state index in [-0.39, 0.29) is 5.91 Å². The molecule has 0 aliphatic heterocycles. The van der Waals surface area contributed by atoms with E-state index >= 15 is 0 Å². The van der Waals surface area contributed by atoms with Gasteiger partial charge in [-0.1, -0.05) is 24.3 Å². The number of carbonyl (C=O) groups excluding carboxylic acids is 1. The van der Waals surface area contributed by atoms with Gasteiger partial charge in [0, 0.05) is 11.8 Å². The van der Waals surface area contributed by atoms with Crippen LogP contribution in [0.4, 0.5) is 17.2 Å². The molecule has 1 aromatic heterocycles. The van der Waals surface area contributed by atoms with Crippen molar-refractivity contribution in [1.29, 1.82) is 5.26 Å². The van der Waals surface area contributed by atoms with Crippen molar-refractivity contribution in [3.8, 4) is 11.8 Å². The average molecular weight is 358 g/mol. The van der Waals surface area contributed by atoms with Crippen LogP contribution in [0, 0.1) is 11.3 Å². The molecule has 0 aliphatic carbocycles. The zero-order valence-corrected chi connectivity index (χ0v) is 14.8. The standard InChI is InChI=1S/C21H18N4O2/c1-2-27-19-10-6-5-9-18(19)25-21(26)15-11-12-23-20(13-15)24-17-8-4-3-7-16(17)14-22/h3-13H,2H2,1H3,(H,23,24)(H,25,26). The van der Waals surface area contributed by atoms with E-state index in [0.29, 0.717) is 40.7 Å². The number of nitrogens with zero attached hydrogens (tertiary/aromatic N) is 2. The molecule has 3 rings (SSSR count). The largest absolute Gasteiger partial charge is 0.492 e. The molecule has 1 heterocycles. The SMILES string of the molecule is CCOc1ccccc1NC(=O)c1ccnc(Nc2ccccc2C#N)c1. The van der Waals surface area contributed by atoms with Gasteiger partial charge in [-0.2, -0.15) is 5.26 Å². The molecule has 0 atom stereocenters. The third-order valence-corrected chi connectivity index (χ3v) is 3.77. The van der Waals surface area contributed by atoms with Crippen LogP contribution in [0.15, 0.2) is 66.9 Å². The van der Waals surface area contributed by atoms with E-state index in [1.807, 2.05) is 25.1 Å². The molecule has 0 saturated heterocycles. The third-order valence-electron chi connectivity index (χ3n) is 3.77. The van der Waals surface area contributed by atoms with Gasteiger partial charge in [0.25, 0.3) is 5.91 Å². The first-order valence-electron chi connectivity index (χ1n) is 8.46. The lowest BCUT2D eigenvalue weighted by Gasteiger charge is -2.12. The van der Waals surface area contributed by atoms with E-state index < -0.39 is 0 Å². The van der Waals surface area contributed by atoms with Gasteiger partial charge in [0.15, 0.2) is 0 Å². The first-order valence-corrected chi connectivity index (χ1v) is 8.46. The number of amides is 1. The topological polar surface area (TPSA) is 87.0 Å². The predicted octanol–water partition coefficient (Wildman–Crippen LogP) is 4.35. The second-order valence-corrected chi connectivity index (χ2v) is 5.60. The minimum atomic E-state index is -0.277. The van der Waals surface area contributed by atoms with E-state index in [9.17, 15) is 10.1 Å². The summed E-state index contributed by atoms with van der Waals surface area (Å²) in [7, 11) is 0. The molecule has 0 saturated carbocycles. The van der Waals surface area contributed by atoms with Crippen LogP contribution >= 0.6 is 0 Å². The summed E-state index contributed by atoms with van der Waals surface area (Å²) in [6.45, 7) is 2.40. The van der Waals surface area contributed by atoms with Crippen molar-refractivity contribution in [3.63, 3.8) is 0 Å². The zero-order chi connectivity index (χ0) is 19.1.